The second-order valence-corrected chi connectivity index (χ2v) is 6.09. The second kappa shape index (κ2) is 6.11. The average Bonchev–Trinajstić information content (AvgIpc) is 3.05. The van der Waals surface area contributed by atoms with Crippen molar-refractivity contribution in [1.82, 2.24) is 14.8 Å². The maximum atomic E-state index is 12.1. The van der Waals surface area contributed by atoms with E-state index in [1.165, 1.54) is 11.8 Å². The van der Waals surface area contributed by atoms with Gasteiger partial charge in [0.05, 0.1) is 13.3 Å². The Labute approximate surface area is 139 Å². The Hall–Kier alpha value is -2.22. The van der Waals surface area contributed by atoms with Crippen molar-refractivity contribution in [3.8, 4) is 5.75 Å². The number of hydrogen-bond donors (Lipinski definition) is 0. The molecular weight excluding hydrogens is 314 g/mol. The summed E-state index contributed by atoms with van der Waals surface area (Å²) in [4.78, 5) is 20.0. The Morgan fingerprint density at radius 1 is 1.35 bits per heavy atom. The number of likely N-dealkylation sites (N-methyl/N-ethyl adjacent to an activating group) is 2. The Morgan fingerprint density at radius 2 is 2.13 bits per heavy atom. The fraction of sp³-hybridized carbons (Fsp3) is 0.400. The molecule has 8 heteroatoms. The summed E-state index contributed by atoms with van der Waals surface area (Å²) >= 11 is 1.52. The van der Waals surface area contributed by atoms with Gasteiger partial charge in [0.15, 0.2) is 17.5 Å². The third kappa shape index (κ3) is 2.63. The van der Waals surface area contributed by atoms with Crippen molar-refractivity contribution in [2.45, 2.75) is 12.3 Å². The van der Waals surface area contributed by atoms with E-state index in [1.807, 2.05) is 30.5 Å². The largest absolute Gasteiger partial charge is 0.497 e. The number of amidine groups is 1. The van der Waals surface area contributed by atoms with Gasteiger partial charge in [0, 0.05) is 14.1 Å². The summed E-state index contributed by atoms with van der Waals surface area (Å²) in [6, 6.07) is 7.60. The van der Waals surface area contributed by atoms with E-state index in [4.69, 9.17) is 4.74 Å². The molecule has 1 aromatic rings. The van der Waals surface area contributed by atoms with Crippen molar-refractivity contribution >= 4 is 29.2 Å². The number of fused-ring (bicyclic) bond motifs is 1. The van der Waals surface area contributed by atoms with E-state index in [1.54, 1.807) is 42.2 Å². The van der Waals surface area contributed by atoms with Crippen LogP contribution >= 0.6 is 11.8 Å². The van der Waals surface area contributed by atoms with Gasteiger partial charge in [-0.3, -0.25) is 0 Å². The number of thioether (sulfide) groups is 1. The zero-order valence-electron chi connectivity index (χ0n) is 13.5. The molecule has 2 aliphatic rings. The number of carbonyl (C=O) groups excluding carboxylic acids is 1. The van der Waals surface area contributed by atoms with E-state index in [0.29, 0.717) is 0 Å². The van der Waals surface area contributed by atoms with E-state index in [9.17, 15) is 4.79 Å². The number of nitrogens with zero attached hydrogens (tertiary/aromatic N) is 5. The van der Waals surface area contributed by atoms with Crippen LogP contribution in [0.3, 0.4) is 0 Å². The number of hydrogen-bond acceptors (Lipinski definition) is 6. The number of amides is 2. The summed E-state index contributed by atoms with van der Waals surface area (Å²) in [5.41, 5.74) is 0.925. The summed E-state index contributed by atoms with van der Waals surface area (Å²) in [6.45, 7) is 0. The van der Waals surface area contributed by atoms with E-state index < -0.39 is 0 Å². The number of hydrazone groups is 1. The lowest BCUT2D eigenvalue weighted by atomic mass is 10.2. The molecule has 23 heavy (non-hydrogen) atoms. The summed E-state index contributed by atoms with van der Waals surface area (Å²) < 4.78 is 5.22. The molecule has 3 rings (SSSR count). The van der Waals surface area contributed by atoms with Crippen LogP contribution in [0, 0.1) is 0 Å². The minimum absolute atomic E-state index is 0.0505. The molecule has 2 heterocycles. The van der Waals surface area contributed by atoms with Crippen LogP contribution in [0.1, 0.15) is 5.56 Å². The SMILES string of the molecule is COc1cccc(/C=N/N2C(SC)=NC3C2N(C)C(=O)N3C)c1. The molecule has 2 aliphatic heterocycles. The van der Waals surface area contributed by atoms with Gasteiger partial charge < -0.3 is 14.5 Å². The summed E-state index contributed by atoms with van der Waals surface area (Å²) in [7, 11) is 5.17. The van der Waals surface area contributed by atoms with Gasteiger partial charge in [0.25, 0.3) is 0 Å². The van der Waals surface area contributed by atoms with E-state index in [2.05, 4.69) is 10.1 Å². The lowest BCUT2D eigenvalue weighted by molar-refractivity contribution is 0.172. The predicted molar refractivity (Wildman–Crippen MR) is 91.9 cm³/mol. The lowest BCUT2D eigenvalue weighted by Crippen LogP contribution is -2.43. The number of urea groups is 1. The predicted octanol–water partition coefficient (Wildman–Crippen LogP) is 1.71. The molecule has 0 aliphatic carbocycles. The van der Waals surface area contributed by atoms with Gasteiger partial charge in [-0.05, 0) is 24.0 Å². The highest BCUT2D eigenvalue weighted by atomic mass is 32.2. The first-order valence-electron chi connectivity index (χ1n) is 7.15. The van der Waals surface area contributed by atoms with Crippen LogP contribution < -0.4 is 4.74 Å². The summed E-state index contributed by atoms with van der Waals surface area (Å²) in [5, 5.41) is 7.16. The molecule has 0 N–H and O–H groups in total. The van der Waals surface area contributed by atoms with Crippen molar-refractivity contribution in [3.05, 3.63) is 29.8 Å². The normalized spacial score (nSPS) is 23.7. The Balaban J connectivity index is 1.87. The van der Waals surface area contributed by atoms with Crippen molar-refractivity contribution in [2.24, 2.45) is 10.1 Å². The average molecular weight is 333 g/mol. The number of benzene rings is 1. The number of methoxy groups -OCH3 is 1. The van der Waals surface area contributed by atoms with E-state index in [-0.39, 0.29) is 18.4 Å². The van der Waals surface area contributed by atoms with Gasteiger partial charge in [-0.1, -0.05) is 23.9 Å². The molecule has 2 unspecified atom stereocenters. The number of aliphatic imine (C=N–C) groups is 1. The van der Waals surface area contributed by atoms with Crippen LogP contribution in [0.5, 0.6) is 5.75 Å². The second-order valence-electron chi connectivity index (χ2n) is 5.31. The molecule has 7 nitrogen and oxygen atoms in total. The molecule has 0 bridgehead atoms. The van der Waals surface area contributed by atoms with Crippen LogP contribution in [0.4, 0.5) is 4.79 Å². The van der Waals surface area contributed by atoms with Crippen molar-refractivity contribution in [3.63, 3.8) is 0 Å². The van der Waals surface area contributed by atoms with Gasteiger partial charge in [-0.15, -0.1) is 0 Å². The fourth-order valence-electron chi connectivity index (χ4n) is 2.72. The first-order chi connectivity index (χ1) is 11.1. The molecule has 0 aromatic heterocycles. The molecule has 1 aromatic carbocycles. The van der Waals surface area contributed by atoms with Gasteiger partial charge in [-0.2, -0.15) is 5.10 Å². The van der Waals surface area contributed by atoms with Gasteiger partial charge >= 0.3 is 6.03 Å². The van der Waals surface area contributed by atoms with E-state index in [0.717, 1.165) is 16.5 Å². The van der Waals surface area contributed by atoms with Crippen LogP contribution in [0.15, 0.2) is 34.4 Å². The van der Waals surface area contributed by atoms with Crippen LogP contribution in [-0.2, 0) is 0 Å². The molecule has 1 fully saturated rings. The Kier molecular flexibility index (Phi) is 4.16. The van der Waals surface area contributed by atoms with Crippen molar-refractivity contribution in [1.29, 1.82) is 0 Å². The molecule has 0 radical (unpaired) electrons. The van der Waals surface area contributed by atoms with Gasteiger partial charge in [0.2, 0.25) is 0 Å². The highest BCUT2D eigenvalue weighted by molar-refractivity contribution is 8.13. The third-order valence-corrected chi connectivity index (χ3v) is 4.62. The zero-order chi connectivity index (χ0) is 16.6. The lowest BCUT2D eigenvalue weighted by Gasteiger charge is -2.25. The molecule has 122 valence electrons. The zero-order valence-corrected chi connectivity index (χ0v) is 14.3. The quantitative estimate of drug-likeness (QED) is 0.790. The van der Waals surface area contributed by atoms with E-state index >= 15 is 0 Å². The highest BCUT2D eigenvalue weighted by Crippen LogP contribution is 2.32. The first kappa shape index (κ1) is 15.7. The monoisotopic (exact) mass is 333 g/mol. The maximum Gasteiger partial charge on any atom is 0.323 e. The molecule has 2 amide bonds. The summed E-state index contributed by atoms with van der Waals surface area (Å²) in [6.07, 6.45) is 3.28. The number of ether oxygens (including phenoxy) is 1. The van der Waals surface area contributed by atoms with Crippen molar-refractivity contribution < 1.29 is 9.53 Å². The maximum absolute atomic E-state index is 12.1. The minimum Gasteiger partial charge on any atom is -0.497 e. The molecule has 1 saturated heterocycles. The fourth-order valence-corrected chi connectivity index (χ4v) is 3.27. The molecule has 0 spiro atoms. The Bertz CT molecular complexity index is 678. The highest BCUT2D eigenvalue weighted by Gasteiger charge is 2.50. The smallest absolute Gasteiger partial charge is 0.323 e. The molecule has 0 saturated carbocycles. The minimum atomic E-state index is -0.225. The molecular formula is C15H19N5O2S. The topological polar surface area (TPSA) is 60.7 Å². The van der Waals surface area contributed by atoms with Gasteiger partial charge in [0.1, 0.15) is 5.75 Å². The van der Waals surface area contributed by atoms with Crippen LogP contribution in [-0.4, -0.2) is 72.0 Å². The van der Waals surface area contributed by atoms with Crippen molar-refractivity contribution in [2.75, 3.05) is 27.5 Å². The number of rotatable bonds is 3. The molecule has 2 atom stereocenters. The van der Waals surface area contributed by atoms with Crippen LogP contribution in [0.2, 0.25) is 0 Å². The number of carbonyl (C=O) groups is 1. The standard InChI is InChI=1S/C15H19N5O2S/c1-18-12-13(19(2)15(18)21)20(14(17-12)23-4)16-9-10-6-5-7-11(8-10)22-3/h5-9,12-13H,1-4H3/b16-9+. The Morgan fingerprint density at radius 3 is 2.83 bits per heavy atom. The van der Waals surface area contributed by atoms with Crippen LogP contribution in [0.25, 0.3) is 0 Å². The van der Waals surface area contributed by atoms with Gasteiger partial charge in [-0.25, -0.2) is 14.8 Å². The first-order valence-corrected chi connectivity index (χ1v) is 8.38. The summed E-state index contributed by atoms with van der Waals surface area (Å²) in [5.74, 6) is 0.778. The third-order valence-electron chi connectivity index (χ3n) is 3.96.